The van der Waals surface area contributed by atoms with Crippen molar-refractivity contribution in [3.63, 3.8) is 0 Å². The second kappa shape index (κ2) is 11.1. The number of amides is 1. The summed E-state index contributed by atoms with van der Waals surface area (Å²) >= 11 is 0. The van der Waals surface area contributed by atoms with E-state index in [-0.39, 0.29) is 11.7 Å². The van der Waals surface area contributed by atoms with E-state index in [1.165, 1.54) is 0 Å². The molecule has 0 radical (unpaired) electrons. The van der Waals surface area contributed by atoms with Crippen molar-refractivity contribution in [1.82, 2.24) is 14.5 Å². The van der Waals surface area contributed by atoms with Crippen LogP contribution in [0.3, 0.4) is 0 Å². The van der Waals surface area contributed by atoms with Gasteiger partial charge in [0.25, 0.3) is 0 Å². The maximum absolute atomic E-state index is 13.8. The topological polar surface area (TPSA) is 55.2 Å². The molecule has 0 N–H and O–H groups in total. The van der Waals surface area contributed by atoms with Crippen LogP contribution in [0.5, 0.6) is 0 Å². The van der Waals surface area contributed by atoms with E-state index >= 15 is 0 Å². The summed E-state index contributed by atoms with van der Waals surface area (Å²) in [4.78, 5) is 33.3. The molecule has 1 amide bonds. The summed E-state index contributed by atoms with van der Waals surface area (Å²) in [5.74, 6) is 0.312. The first-order valence-corrected chi connectivity index (χ1v) is 11.8. The van der Waals surface area contributed by atoms with E-state index in [9.17, 15) is 9.59 Å². The van der Waals surface area contributed by atoms with Gasteiger partial charge in [0.2, 0.25) is 5.91 Å². The summed E-state index contributed by atoms with van der Waals surface area (Å²) in [5.41, 5.74) is 2.31. The van der Waals surface area contributed by atoms with Crippen molar-refractivity contribution in [2.75, 3.05) is 13.1 Å². The monoisotopic (exact) mass is 445 g/mol. The molecular formula is C28H35N3O2. The fraction of sp³-hybridized carbons (Fsp3) is 0.393. The number of carbonyl (C=O) groups is 2. The lowest BCUT2D eigenvalue weighted by molar-refractivity contribution is -0.138. The number of ketones is 1. The number of likely N-dealkylation sites (tertiary alicyclic amines) is 1. The number of allylic oxidation sites excluding steroid dienone is 4. The van der Waals surface area contributed by atoms with Crippen LogP contribution in [0.15, 0.2) is 79.3 Å². The molecule has 0 bridgehead atoms. The molecule has 5 nitrogen and oxygen atoms in total. The van der Waals surface area contributed by atoms with Gasteiger partial charge in [0, 0.05) is 25.7 Å². The van der Waals surface area contributed by atoms with Crippen molar-refractivity contribution in [1.29, 1.82) is 0 Å². The molecule has 1 saturated heterocycles. The number of hydrogen-bond donors (Lipinski definition) is 0. The Bertz CT molecular complexity index is 1020. The Morgan fingerprint density at radius 3 is 2.45 bits per heavy atom. The Labute approximate surface area is 197 Å². The van der Waals surface area contributed by atoms with Gasteiger partial charge in [-0.2, -0.15) is 0 Å². The summed E-state index contributed by atoms with van der Waals surface area (Å²) in [7, 11) is 0. The van der Waals surface area contributed by atoms with E-state index in [1.54, 1.807) is 12.4 Å². The number of aromatic nitrogens is 2. The minimum atomic E-state index is -0.513. The average Bonchev–Trinajstić information content (AvgIpc) is 3.27. The van der Waals surface area contributed by atoms with Gasteiger partial charge in [-0.3, -0.25) is 9.59 Å². The minimum Gasteiger partial charge on any atom is -0.341 e. The standard InChI is InChI=1S/C28H35N3O2/c1-5-8-13-23(7-3)26(31-20-22(4)29-21-31)27(33)30-18-16-28(17-19-30,25(32)12-6-2)24-14-10-9-11-15-24/h5,7-11,13-15,20-21,26H,1,6,12,16-19H2,2-4H3/b13-8-,23-7+. The summed E-state index contributed by atoms with van der Waals surface area (Å²) in [6.07, 6.45) is 13.7. The predicted octanol–water partition coefficient (Wildman–Crippen LogP) is 5.35. The number of piperidine rings is 1. The quantitative estimate of drug-likeness (QED) is 0.489. The molecule has 0 saturated carbocycles. The molecule has 33 heavy (non-hydrogen) atoms. The molecule has 0 spiro atoms. The molecule has 1 aromatic carbocycles. The van der Waals surface area contributed by atoms with E-state index in [4.69, 9.17) is 0 Å². The second-order valence-electron chi connectivity index (χ2n) is 8.69. The molecule has 2 aromatic rings. The first-order chi connectivity index (χ1) is 16.0. The lowest BCUT2D eigenvalue weighted by Gasteiger charge is -2.42. The third-order valence-corrected chi connectivity index (χ3v) is 6.60. The van der Waals surface area contributed by atoms with Gasteiger partial charge in [-0.05, 0) is 44.2 Å². The number of nitrogens with zero attached hydrogens (tertiary/aromatic N) is 3. The molecule has 1 atom stereocenters. The zero-order valence-corrected chi connectivity index (χ0v) is 20.0. The van der Waals surface area contributed by atoms with Crippen molar-refractivity contribution in [3.05, 3.63) is 90.6 Å². The Hall–Kier alpha value is -3.21. The van der Waals surface area contributed by atoms with E-state index in [0.29, 0.717) is 32.4 Å². The maximum atomic E-state index is 13.8. The van der Waals surface area contributed by atoms with E-state index < -0.39 is 11.5 Å². The van der Waals surface area contributed by atoms with Crippen LogP contribution in [0.25, 0.3) is 0 Å². The Morgan fingerprint density at radius 2 is 1.91 bits per heavy atom. The molecule has 1 aliphatic rings. The van der Waals surface area contributed by atoms with Gasteiger partial charge in [0.05, 0.1) is 17.4 Å². The maximum Gasteiger partial charge on any atom is 0.250 e. The molecule has 5 heteroatoms. The number of Topliss-reactive ketones (excluding diaryl/α,β-unsaturated/α-hetero) is 1. The van der Waals surface area contributed by atoms with Crippen LogP contribution < -0.4 is 0 Å². The van der Waals surface area contributed by atoms with Crippen LogP contribution in [0.2, 0.25) is 0 Å². The highest BCUT2D eigenvalue weighted by Gasteiger charge is 2.43. The van der Waals surface area contributed by atoms with E-state index in [1.807, 2.05) is 72.9 Å². The molecule has 1 fully saturated rings. The van der Waals surface area contributed by atoms with Gasteiger partial charge in [-0.15, -0.1) is 0 Å². The number of aryl methyl sites for hydroxylation is 1. The van der Waals surface area contributed by atoms with Crippen LogP contribution in [0.4, 0.5) is 0 Å². The van der Waals surface area contributed by atoms with Crippen molar-refractivity contribution in [3.8, 4) is 0 Å². The molecule has 174 valence electrons. The molecule has 1 aliphatic heterocycles. The van der Waals surface area contributed by atoms with Crippen LogP contribution in [-0.4, -0.2) is 39.2 Å². The number of benzene rings is 1. The fourth-order valence-corrected chi connectivity index (χ4v) is 4.78. The van der Waals surface area contributed by atoms with Crippen LogP contribution in [-0.2, 0) is 15.0 Å². The lowest BCUT2D eigenvalue weighted by Crippen LogP contribution is -2.50. The highest BCUT2D eigenvalue weighted by Crippen LogP contribution is 2.38. The Kier molecular flexibility index (Phi) is 8.21. The second-order valence-corrected chi connectivity index (χ2v) is 8.69. The zero-order valence-electron chi connectivity index (χ0n) is 20.0. The van der Waals surface area contributed by atoms with Crippen LogP contribution in [0, 0.1) is 6.92 Å². The normalized spacial score (nSPS) is 17.2. The van der Waals surface area contributed by atoms with E-state index in [2.05, 4.69) is 23.7 Å². The molecular weight excluding hydrogens is 410 g/mol. The summed E-state index contributed by atoms with van der Waals surface area (Å²) in [6, 6.07) is 9.58. The van der Waals surface area contributed by atoms with Crippen LogP contribution >= 0.6 is 0 Å². The van der Waals surface area contributed by atoms with Crippen molar-refractivity contribution in [2.45, 2.75) is 57.9 Å². The van der Waals surface area contributed by atoms with Gasteiger partial charge in [-0.25, -0.2) is 4.98 Å². The molecule has 3 rings (SSSR count). The third kappa shape index (κ3) is 5.24. The van der Waals surface area contributed by atoms with Gasteiger partial charge in [0.1, 0.15) is 11.8 Å². The van der Waals surface area contributed by atoms with Crippen molar-refractivity contribution >= 4 is 11.7 Å². The zero-order chi connectivity index (χ0) is 23.8. The van der Waals surface area contributed by atoms with Crippen molar-refractivity contribution in [2.24, 2.45) is 0 Å². The van der Waals surface area contributed by atoms with Gasteiger partial charge >= 0.3 is 0 Å². The number of carbonyl (C=O) groups excluding carboxylic acids is 2. The van der Waals surface area contributed by atoms with Gasteiger partial charge in [0.15, 0.2) is 0 Å². The van der Waals surface area contributed by atoms with Crippen molar-refractivity contribution < 1.29 is 9.59 Å². The largest absolute Gasteiger partial charge is 0.341 e. The molecule has 0 aliphatic carbocycles. The smallest absolute Gasteiger partial charge is 0.250 e. The SMILES string of the molecule is C=C/C=C\C(=C/C)C(C(=O)N1CCC(C(=O)CCC)(c2ccccc2)CC1)n1cnc(C)c1. The number of imidazole rings is 1. The summed E-state index contributed by atoms with van der Waals surface area (Å²) in [5, 5.41) is 0. The minimum absolute atomic E-state index is 0.0267. The first-order valence-electron chi connectivity index (χ1n) is 11.8. The first kappa shape index (κ1) is 24.4. The Balaban J connectivity index is 1.89. The van der Waals surface area contributed by atoms with E-state index in [0.717, 1.165) is 23.3 Å². The predicted molar refractivity (Wildman–Crippen MR) is 133 cm³/mol. The van der Waals surface area contributed by atoms with Gasteiger partial charge in [-0.1, -0.05) is 68.1 Å². The summed E-state index contributed by atoms with van der Waals surface area (Å²) < 4.78 is 1.88. The highest BCUT2D eigenvalue weighted by atomic mass is 16.2. The molecule has 1 unspecified atom stereocenters. The summed E-state index contributed by atoms with van der Waals surface area (Å²) in [6.45, 7) is 10.8. The fourth-order valence-electron chi connectivity index (χ4n) is 4.78. The Morgan fingerprint density at radius 1 is 1.21 bits per heavy atom. The highest BCUT2D eigenvalue weighted by molar-refractivity contribution is 5.91. The third-order valence-electron chi connectivity index (χ3n) is 6.60. The van der Waals surface area contributed by atoms with Gasteiger partial charge < -0.3 is 9.47 Å². The average molecular weight is 446 g/mol. The molecule has 2 heterocycles. The number of hydrogen-bond acceptors (Lipinski definition) is 3. The van der Waals surface area contributed by atoms with Crippen LogP contribution in [0.1, 0.15) is 56.8 Å². The lowest BCUT2D eigenvalue weighted by atomic mass is 9.68. The molecule has 1 aromatic heterocycles. The number of rotatable bonds is 9.